The normalized spacial score (nSPS) is 12.7. The fourth-order valence-electron chi connectivity index (χ4n) is 8.87. The Kier molecular flexibility index (Phi) is 39.6. The Balaban J connectivity index is 0.00000125. The van der Waals surface area contributed by atoms with Gasteiger partial charge >= 0.3 is 23.9 Å². The van der Waals surface area contributed by atoms with E-state index in [-0.39, 0.29) is 12.3 Å². The van der Waals surface area contributed by atoms with Crippen molar-refractivity contribution in [1.82, 2.24) is 0 Å². The van der Waals surface area contributed by atoms with Crippen LogP contribution in [0.2, 0.25) is 0 Å². The molecule has 0 aromatic heterocycles. The lowest BCUT2D eigenvalue weighted by Gasteiger charge is -2.38. The second-order valence-corrected chi connectivity index (χ2v) is 19.7. The number of carboxylic acids is 2. The first-order chi connectivity index (χ1) is 30.9. The average molecular weight is 901 g/mol. The number of carbonyl (C=O) groups is 4. The van der Waals surface area contributed by atoms with Gasteiger partial charge in [-0.05, 0) is 68.4 Å². The van der Waals surface area contributed by atoms with Crippen LogP contribution in [-0.2, 0) is 19.1 Å². The second-order valence-electron chi connectivity index (χ2n) is 19.7. The minimum absolute atomic E-state index is 0.0295. The molecule has 372 valence electrons. The number of ether oxygens (including phenoxy) is 2. The van der Waals surface area contributed by atoms with Crippen molar-refractivity contribution in [3.63, 3.8) is 0 Å². The van der Waals surface area contributed by atoms with Gasteiger partial charge in [-0.1, -0.05) is 228 Å². The molecule has 0 aliphatic carbocycles. The molecule has 2 unspecified atom stereocenters. The third-order valence-electron chi connectivity index (χ3n) is 13.0. The van der Waals surface area contributed by atoms with E-state index in [9.17, 15) is 29.4 Å². The summed E-state index contributed by atoms with van der Waals surface area (Å²) in [7, 11) is 0. The second kappa shape index (κ2) is 41.5. The third kappa shape index (κ3) is 31.9. The van der Waals surface area contributed by atoms with Crippen LogP contribution in [0.5, 0.6) is 0 Å². The predicted molar refractivity (Wildman–Crippen MR) is 267 cm³/mol. The summed E-state index contributed by atoms with van der Waals surface area (Å²) in [4.78, 5) is 49.1. The Morgan fingerprint density at radius 1 is 0.469 bits per heavy atom. The monoisotopic (exact) mass is 901 g/mol. The molecule has 0 saturated heterocycles. The molecule has 0 heterocycles. The van der Waals surface area contributed by atoms with Crippen molar-refractivity contribution in [3.8, 4) is 0 Å². The van der Waals surface area contributed by atoms with Crippen LogP contribution >= 0.6 is 0 Å². The van der Waals surface area contributed by atoms with Crippen LogP contribution in [0, 0.1) is 23.2 Å². The lowest BCUT2D eigenvalue weighted by atomic mass is 9.65. The molecule has 0 radical (unpaired) electrons. The first kappa shape index (κ1) is 61.1. The van der Waals surface area contributed by atoms with Crippen LogP contribution in [0.3, 0.4) is 0 Å². The highest BCUT2D eigenvalue weighted by atomic mass is 16.5. The van der Waals surface area contributed by atoms with Crippen molar-refractivity contribution in [2.75, 3.05) is 13.2 Å². The van der Waals surface area contributed by atoms with Gasteiger partial charge in [-0.3, -0.25) is 9.59 Å². The molecular weight excluding hydrogens is 801 g/mol. The molecule has 1 aromatic rings. The van der Waals surface area contributed by atoms with E-state index in [2.05, 4.69) is 48.5 Å². The molecule has 0 bridgehead atoms. The van der Waals surface area contributed by atoms with Gasteiger partial charge in [0.25, 0.3) is 0 Å². The fourth-order valence-corrected chi connectivity index (χ4v) is 8.87. The molecule has 0 spiro atoms. The van der Waals surface area contributed by atoms with Crippen LogP contribution in [0.1, 0.15) is 281 Å². The number of benzene rings is 1. The van der Waals surface area contributed by atoms with Crippen molar-refractivity contribution in [2.24, 2.45) is 23.2 Å². The maximum atomic E-state index is 12.9. The molecular formula is C56H100O8. The average Bonchev–Trinajstić information content (AvgIpc) is 3.26. The van der Waals surface area contributed by atoms with Gasteiger partial charge in [0.1, 0.15) is 0 Å². The molecule has 2 N–H and O–H groups in total. The predicted octanol–water partition coefficient (Wildman–Crippen LogP) is 17.0. The number of carboxylic acid groups (broad SMARTS) is 2. The minimum atomic E-state index is -0.801. The summed E-state index contributed by atoms with van der Waals surface area (Å²) in [5, 5.41) is 19.9. The largest absolute Gasteiger partial charge is 0.481 e. The van der Waals surface area contributed by atoms with Crippen LogP contribution in [0.15, 0.2) is 24.3 Å². The highest BCUT2D eigenvalue weighted by Crippen LogP contribution is 2.45. The number of hydrogen-bond donors (Lipinski definition) is 2. The SMILES string of the molecule is CC(C)CCCCCCOC(=O)c1ccccc1C(=O)OCCCCCCC(C)C.CCCCCCCCCCC(CCCCCCCC)(C(=O)O)C(CCCCCC)CCC(=O)O. The van der Waals surface area contributed by atoms with Gasteiger partial charge in [0, 0.05) is 6.42 Å². The summed E-state index contributed by atoms with van der Waals surface area (Å²) in [6.07, 6.45) is 34.9. The summed E-state index contributed by atoms with van der Waals surface area (Å²) in [6, 6.07) is 6.75. The van der Waals surface area contributed by atoms with Gasteiger partial charge < -0.3 is 19.7 Å². The Hall–Kier alpha value is -2.90. The zero-order valence-electron chi connectivity index (χ0n) is 42.6. The topological polar surface area (TPSA) is 127 Å². The molecule has 0 aliphatic heterocycles. The molecule has 0 aliphatic rings. The number of rotatable bonds is 42. The van der Waals surface area contributed by atoms with Crippen molar-refractivity contribution in [3.05, 3.63) is 35.4 Å². The van der Waals surface area contributed by atoms with Gasteiger partial charge in [0.2, 0.25) is 0 Å². The van der Waals surface area contributed by atoms with E-state index in [0.717, 1.165) is 102 Å². The fraction of sp³-hybridized carbons (Fsp3) is 0.821. The Morgan fingerprint density at radius 2 is 0.812 bits per heavy atom. The van der Waals surface area contributed by atoms with Crippen molar-refractivity contribution in [1.29, 1.82) is 0 Å². The summed E-state index contributed by atoms with van der Waals surface area (Å²) >= 11 is 0. The molecule has 1 rings (SSSR count). The highest BCUT2D eigenvalue weighted by Gasteiger charge is 2.44. The lowest BCUT2D eigenvalue weighted by Crippen LogP contribution is -2.39. The van der Waals surface area contributed by atoms with E-state index in [4.69, 9.17) is 9.47 Å². The van der Waals surface area contributed by atoms with Crippen LogP contribution in [-0.4, -0.2) is 47.3 Å². The molecule has 1 aromatic carbocycles. The van der Waals surface area contributed by atoms with E-state index in [1.807, 2.05) is 0 Å². The van der Waals surface area contributed by atoms with E-state index in [1.54, 1.807) is 24.3 Å². The first-order valence-corrected chi connectivity index (χ1v) is 26.7. The minimum Gasteiger partial charge on any atom is -0.481 e. The van der Waals surface area contributed by atoms with Crippen LogP contribution in [0.4, 0.5) is 0 Å². The van der Waals surface area contributed by atoms with Gasteiger partial charge in [0.15, 0.2) is 0 Å². The van der Waals surface area contributed by atoms with Crippen molar-refractivity contribution in [2.45, 2.75) is 260 Å². The van der Waals surface area contributed by atoms with Gasteiger partial charge in [0.05, 0.1) is 29.8 Å². The van der Waals surface area contributed by atoms with Crippen molar-refractivity contribution >= 4 is 23.9 Å². The Bertz CT molecular complexity index is 1240. The number of unbranched alkanes of at least 4 members (excludes halogenated alkanes) is 21. The maximum absolute atomic E-state index is 12.9. The molecule has 8 heteroatoms. The smallest absolute Gasteiger partial charge is 0.339 e. The van der Waals surface area contributed by atoms with Gasteiger partial charge in [-0.2, -0.15) is 0 Å². The van der Waals surface area contributed by atoms with Crippen LogP contribution < -0.4 is 0 Å². The Morgan fingerprint density at radius 3 is 1.19 bits per heavy atom. The van der Waals surface area contributed by atoms with E-state index < -0.39 is 29.3 Å². The number of aliphatic carboxylic acids is 2. The maximum Gasteiger partial charge on any atom is 0.339 e. The molecule has 8 nitrogen and oxygen atoms in total. The zero-order valence-corrected chi connectivity index (χ0v) is 42.6. The van der Waals surface area contributed by atoms with Gasteiger partial charge in [-0.25, -0.2) is 9.59 Å². The van der Waals surface area contributed by atoms with E-state index >= 15 is 0 Å². The molecule has 0 fully saturated rings. The molecule has 64 heavy (non-hydrogen) atoms. The molecule has 2 atom stereocenters. The summed E-state index contributed by atoms with van der Waals surface area (Å²) in [5.74, 6) is -0.915. The Labute approximate surface area is 393 Å². The first-order valence-electron chi connectivity index (χ1n) is 26.7. The number of esters is 2. The molecule has 0 saturated carbocycles. The summed E-state index contributed by atoms with van der Waals surface area (Å²) in [6.45, 7) is 16.3. The van der Waals surface area contributed by atoms with E-state index in [1.165, 1.54) is 96.3 Å². The van der Waals surface area contributed by atoms with Crippen LogP contribution in [0.25, 0.3) is 0 Å². The summed E-state index contributed by atoms with van der Waals surface area (Å²) < 4.78 is 10.8. The zero-order chi connectivity index (χ0) is 47.7. The number of hydrogen-bond acceptors (Lipinski definition) is 6. The third-order valence-corrected chi connectivity index (χ3v) is 13.0. The summed E-state index contributed by atoms with van der Waals surface area (Å²) in [5.41, 5.74) is -0.173. The highest BCUT2D eigenvalue weighted by molar-refractivity contribution is 6.03. The van der Waals surface area contributed by atoms with Crippen molar-refractivity contribution < 1.29 is 38.9 Å². The molecule has 0 amide bonds. The quantitative estimate of drug-likeness (QED) is 0.0490. The van der Waals surface area contributed by atoms with Gasteiger partial charge in [-0.15, -0.1) is 0 Å². The van der Waals surface area contributed by atoms with E-state index in [0.29, 0.717) is 43.6 Å². The standard InChI is InChI=1S/C30H58O4.C26H42O4/c1-4-7-10-13-15-16-18-21-26-30(29(33)34,25-20-17-14-11-8-5-2)27(23-24-28(31)32)22-19-12-9-6-3;1-21(2)15-9-5-7-13-19-29-25(27)23-17-11-12-18-24(23)26(28)30-20-14-8-6-10-16-22(3)4/h27H,4-26H2,1-3H3,(H,31,32)(H,33,34);11-12,17-18,21-22H,5-10,13-16,19-20H2,1-4H3. The number of carbonyl (C=O) groups excluding carboxylic acids is 2. The lowest BCUT2D eigenvalue weighted by molar-refractivity contribution is -0.156.